The third-order valence-corrected chi connectivity index (χ3v) is 3.83. The first-order valence-corrected chi connectivity index (χ1v) is 7.55. The average molecular weight is 311 g/mol. The Balaban J connectivity index is 1.90. The minimum atomic E-state index is -0.679. The second kappa shape index (κ2) is 6.54. The molecule has 1 aromatic heterocycles. The van der Waals surface area contributed by atoms with Gasteiger partial charge in [-0.2, -0.15) is 0 Å². The molecule has 2 aromatic rings. The van der Waals surface area contributed by atoms with Crippen LogP contribution in [0.1, 0.15) is 30.5 Å². The SMILES string of the molecule is CC(C)(C)NCc1ccc(COc2ccc(F)cc2F)s1. The first-order valence-electron chi connectivity index (χ1n) is 6.74. The first-order chi connectivity index (χ1) is 9.83. The van der Waals surface area contributed by atoms with Gasteiger partial charge < -0.3 is 10.1 Å². The fourth-order valence-corrected chi connectivity index (χ4v) is 2.56. The van der Waals surface area contributed by atoms with Crippen LogP contribution in [0.3, 0.4) is 0 Å². The Morgan fingerprint density at radius 3 is 2.48 bits per heavy atom. The normalized spacial score (nSPS) is 11.7. The quantitative estimate of drug-likeness (QED) is 0.878. The van der Waals surface area contributed by atoms with Crippen LogP contribution in [0.5, 0.6) is 5.75 Å². The molecule has 1 heterocycles. The fourth-order valence-electron chi connectivity index (χ4n) is 1.69. The van der Waals surface area contributed by atoms with Gasteiger partial charge in [-0.25, -0.2) is 8.78 Å². The van der Waals surface area contributed by atoms with E-state index in [0.29, 0.717) is 0 Å². The molecular weight excluding hydrogens is 292 g/mol. The van der Waals surface area contributed by atoms with E-state index in [-0.39, 0.29) is 17.9 Å². The van der Waals surface area contributed by atoms with Crippen LogP contribution in [0.4, 0.5) is 8.78 Å². The van der Waals surface area contributed by atoms with Gasteiger partial charge in [-0.3, -0.25) is 0 Å². The van der Waals surface area contributed by atoms with E-state index in [2.05, 4.69) is 26.1 Å². The summed E-state index contributed by atoms with van der Waals surface area (Å²) in [4.78, 5) is 2.20. The summed E-state index contributed by atoms with van der Waals surface area (Å²) >= 11 is 1.62. The number of hydrogen-bond acceptors (Lipinski definition) is 3. The summed E-state index contributed by atoms with van der Waals surface area (Å²) in [5.74, 6) is -1.22. The highest BCUT2D eigenvalue weighted by molar-refractivity contribution is 7.11. The Morgan fingerprint density at radius 1 is 1.10 bits per heavy atom. The maximum atomic E-state index is 13.4. The summed E-state index contributed by atoms with van der Waals surface area (Å²) < 4.78 is 31.6. The number of thiophene rings is 1. The minimum Gasteiger partial charge on any atom is -0.485 e. The minimum absolute atomic E-state index is 0.0674. The summed E-state index contributed by atoms with van der Waals surface area (Å²) in [6.45, 7) is 7.41. The molecule has 0 saturated heterocycles. The van der Waals surface area contributed by atoms with Gasteiger partial charge in [0.05, 0.1) is 0 Å². The Bertz CT molecular complexity index is 605. The predicted octanol–water partition coefficient (Wildman–Crippen LogP) is 4.49. The summed E-state index contributed by atoms with van der Waals surface area (Å²) in [5.41, 5.74) is 0.0674. The van der Waals surface area contributed by atoms with E-state index < -0.39 is 11.6 Å². The van der Waals surface area contributed by atoms with Crippen molar-refractivity contribution >= 4 is 11.3 Å². The Labute approximate surface area is 127 Å². The lowest BCUT2D eigenvalue weighted by molar-refractivity contribution is 0.292. The van der Waals surface area contributed by atoms with Crippen molar-refractivity contribution in [3.05, 3.63) is 51.7 Å². The van der Waals surface area contributed by atoms with Crippen LogP contribution in [0.25, 0.3) is 0 Å². The average Bonchev–Trinajstić information content (AvgIpc) is 2.82. The molecule has 0 saturated carbocycles. The third kappa shape index (κ3) is 5.10. The number of nitrogens with one attached hydrogen (secondary N) is 1. The number of benzene rings is 1. The van der Waals surface area contributed by atoms with Crippen LogP contribution in [0.15, 0.2) is 30.3 Å². The molecule has 1 N–H and O–H groups in total. The summed E-state index contributed by atoms with van der Waals surface area (Å²) in [6, 6.07) is 7.31. The second-order valence-corrected chi connectivity index (χ2v) is 7.09. The van der Waals surface area contributed by atoms with E-state index in [1.165, 1.54) is 17.0 Å². The molecular formula is C16H19F2NOS. The van der Waals surface area contributed by atoms with Crippen molar-refractivity contribution in [1.82, 2.24) is 5.32 Å². The lowest BCUT2D eigenvalue weighted by Gasteiger charge is -2.19. The van der Waals surface area contributed by atoms with E-state index in [9.17, 15) is 8.78 Å². The van der Waals surface area contributed by atoms with Gasteiger partial charge in [-0.15, -0.1) is 11.3 Å². The van der Waals surface area contributed by atoms with Crippen molar-refractivity contribution < 1.29 is 13.5 Å². The topological polar surface area (TPSA) is 21.3 Å². The lowest BCUT2D eigenvalue weighted by atomic mass is 10.1. The molecule has 21 heavy (non-hydrogen) atoms. The number of halogens is 2. The maximum Gasteiger partial charge on any atom is 0.167 e. The Morgan fingerprint density at radius 2 is 1.81 bits per heavy atom. The summed E-state index contributed by atoms with van der Waals surface area (Å²) in [7, 11) is 0. The molecule has 0 aliphatic carbocycles. The molecule has 0 unspecified atom stereocenters. The largest absolute Gasteiger partial charge is 0.485 e. The molecule has 114 valence electrons. The van der Waals surface area contributed by atoms with Crippen molar-refractivity contribution in [1.29, 1.82) is 0 Å². The number of hydrogen-bond donors (Lipinski definition) is 1. The van der Waals surface area contributed by atoms with Gasteiger partial charge in [0.1, 0.15) is 12.4 Å². The molecule has 2 rings (SSSR count). The van der Waals surface area contributed by atoms with Crippen LogP contribution in [-0.4, -0.2) is 5.54 Å². The van der Waals surface area contributed by atoms with Crippen molar-refractivity contribution in [2.24, 2.45) is 0 Å². The molecule has 0 aliphatic rings. The smallest absolute Gasteiger partial charge is 0.167 e. The van der Waals surface area contributed by atoms with E-state index in [0.717, 1.165) is 17.5 Å². The highest BCUT2D eigenvalue weighted by Gasteiger charge is 2.10. The number of rotatable bonds is 5. The van der Waals surface area contributed by atoms with E-state index in [1.807, 2.05) is 12.1 Å². The lowest BCUT2D eigenvalue weighted by Crippen LogP contribution is -2.34. The molecule has 0 fully saturated rings. The van der Waals surface area contributed by atoms with Crippen LogP contribution in [0.2, 0.25) is 0 Å². The van der Waals surface area contributed by atoms with Crippen molar-refractivity contribution in [2.75, 3.05) is 0 Å². The molecule has 0 atom stereocenters. The van der Waals surface area contributed by atoms with Crippen LogP contribution in [-0.2, 0) is 13.2 Å². The van der Waals surface area contributed by atoms with Gasteiger partial charge >= 0.3 is 0 Å². The second-order valence-electron chi connectivity index (χ2n) is 5.83. The molecule has 0 aliphatic heterocycles. The molecule has 0 amide bonds. The summed E-state index contributed by atoms with van der Waals surface area (Å²) in [6.07, 6.45) is 0. The zero-order valence-corrected chi connectivity index (χ0v) is 13.2. The van der Waals surface area contributed by atoms with Crippen LogP contribution >= 0.6 is 11.3 Å². The zero-order chi connectivity index (χ0) is 15.5. The van der Waals surface area contributed by atoms with Crippen LogP contribution in [0, 0.1) is 11.6 Å². The van der Waals surface area contributed by atoms with E-state index in [1.54, 1.807) is 11.3 Å². The molecule has 0 spiro atoms. The number of ether oxygens (including phenoxy) is 1. The van der Waals surface area contributed by atoms with E-state index >= 15 is 0 Å². The van der Waals surface area contributed by atoms with Gasteiger partial charge in [0.15, 0.2) is 11.6 Å². The van der Waals surface area contributed by atoms with Gasteiger partial charge in [-0.05, 0) is 45.0 Å². The molecule has 1 aromatic carbocycles. The standard InChI is InChI=1S/C16H19F2NOS/c1-16(2,3)19-9-12-5-6-13(21-12)10-20-15-7-4-11(17)8-14(15)18/h4-8,19H,9-10H2,1-3H3. The Kier molecular flexibility index (Phi) is 4.96. The van der Waals surface area contributed by atoms with Gasteiger partial charge in [0, 0.05) is 27.9 Å². The van der Waals surface area contributed by atoms with Crippen molar-refractivity contribution in [3.8, 4) is 5.75 Å². The molecule has 0 bridgehead atoms. The molecule has 2 nitrogen and oxygen atoms in total. The highest BCUT2D eigenvalue weighted by Crippen LogP contribution is 2.22. The maximum absolute atomic E-state index is 13.4. The third-order valence-electron chi connectivity index (χ3n) is 2.77. The van der Waals surface area contributed by atoms with Crippen molar-refractivity contribution in [2.45, 2.75) is 39.5 Å². The molecule has 5 heteroatoms. The Hall–Kier alpha value is -1.46. The molecule has 0 radical (unpaired) electrons. The van der Waals surface area contributed by atoms with Crippen molar-refractivity contribution in [3.63, 3.8) is 0 Å². The zero-order valence-electron chi connectivity index (χ0n) is 12.4. The van der Waals surface area contributed by atoms with Gasteiger partial charge in [0.2, 0.25) is 0 Å². The van der Waals surface area contributed by atoms with Gasteiger partial charge in [-0.1, -0.05) is 0 Å². The highest BCUT2D eigenvalue weighted by atomic mass is 32.1. The van der Waals surface area contributed by atoms with Gasteiger partial charge in [0.25, 0.3) is 0 Å². The summed E-state index contributed by atoms with van der Waals surface area (Å²) in [5, 5.41) is 3.41. The monoisotopic (exact) mass is 311 g/mol. The first kappa shape index (κ1) is 15.9. The predicted molar refractivity (Wildman–Crippen MR) is 81.6 cm³/mol. The van der Waals surface area contributed by atoms with Crippen LogP contribution < -0.4 is 10.1 Å². The fraction of sp³-hybridized carbons (Fsp3) is 0.375. The van der Waals surface area contributed by atoms with E-state index in [4.69, 9.17) is 4.74 Å².